The number of fused-ring (bicyclic) bond motifs is 1. The van der Waals surface area contributed by atoms with Gasteiger partial charge in [0.1, 0.15) is 16.7 Å². The molecule has 3 rings (SSSR count). The number of halogens is 1. The van der Waals surface area contributed by atoms with Crippen LogP contribution in [0.2, 0.25) is 5.28 Å². The number of amides is 1. The van der Waals surface area contributed by atoms with Crippen molar-refractivity contribution in [1.29, 1.82) is 0 Å². The van der Waals surface area contributed by atoms with Crippen molar-refractivity contribution in [3.05, 3.63) is 16.7 Å². The third kappa shape index (κ3) is 2.33. The highest BCUT2D eigenvalue weighted by Gasteiger charge is 2.30. The fraction of sp³-hybridized carbons (Fsp3) is 0.462. The summed E-state index contributed by atoms with van der Waals surface area (Å²) in [5, 5.41) is 5.91. The van der Waals surface area contributed by atoms with Gasteiger partial charge in [0.25, 0.3) is 0 Å². The molecule has 1 atom stereocenters. The number of hydrogen-bond donors (Lipinski definition) is 1. The van der Waals surface area contributed by atoms with Gasteiger partial charge in [0.2, 0.25) is 11.2 Å². The number of thiophene rings is 1. The van der Waals surface area contributed by atoms with Crippen molar-refractivity contribution in [2.45, 2.75) is 25.3 Å². The third-order valence-electron chi connectivity index (χ3n) is 3.60. The van der Waals surface area contributed by atoms with Gasteiger partial charge in [0.05, 0.1) is 5.39 Å². The summed E-state index contributed by atoms with van der Waals surface area (Å²) in [6, 6.07) is 1.81. The van der Waals surface area contributed by atoms with Gasteiger partial charge in [-0.05, 0) is 42.3 Å². The molecule has 7 heteroatoms. The molecule has 1 aliphatic rings. The normalized spacial score (nSPS) is 19.3. The number of nitrogens with one attached hydrogen (secondary N) is 1. The van der Waals surface area contributed by atoms with E-state index >= 15 is 0 Å². The molecule has 2 aromatic heterocycles. The third-order valence-corrected chi connectivity index (χ3v) is 4.58. The first-order valence-corrected chi connectivity index (χ1v) is 7.85. The average molecular weight is 311 g/mol. The first-order valence-electron chi connectivity index (χ1n) is 6.59. The van der Waals surface area contributed by atoms with Gasteiger partial charge >= 0.3 is 0 Å². The molecule has 0 saturated carbocycles. The maximum atomic E-state index is 12.1. The zero-order valence-corrected chi connectivity index (χ0v) is 12.7. The highest BCUT2D eigenvalue weighted by molar-refractivity contribution is 7.16. The molecule has 1 saturated heterocycles. The van der Waals surface area contributed by atoms with Gasteiger partial charge in [0, 0.05) is 13.6 Å². The molecule has 2 aromatic rings. The molecule has 0 aromatic carbocycles. The van der Waals surface area contributed by atoms with E-state index in [4.69, 9.17) is 11.6 Å². The summed E-state index contributed by atoms with van der Waals surface area (Å²) in [5.41, 5.74) is 0. The van der Waals surface area contributed by atoms with Crippen LogP contribution in [0.3, 0.4) is 0 Å². The van der Waals surface area contributed by atoms with E-state index in [2.05, 4.69) is 20.2 Å². The first-order chi connectivity index (χ1) is 9.70. The van der Waals surface area contributed by atoms with Crippen molar-refractivity contribution in [2.75, 3.05) is 18.5 Å². The summed E-state index contributed by atoms with van der Waals surface area (Å²) in [7, 11) is 1.67. The van der Waals surface area contributed by atoms with E-state index in [0.29, 0.717) is 0 Å². The van der Waals surface area contributed by atoms with Crippen LogP contribution < -0.4 is 10.2 Å². The lowest BCUT2D eigenvalue weighted by molar-refractivity contribution is -0.122. The largest absolute Gasteiger partial charge is 0.357 e. The van der Waals surface area contributed by atoms with Crippen molar-refractivity contribution in [3.63, 3.8) is 0 Å². The second kappa shape index (κ2) is 5.54. The second-order valence-corrected chi connectivity index (χ2v) is 6.01. The Balaban J connectivity index is 2.07. The lowest BCUT2D eigenvalue weighted by Gasteiger charge is -2.35. The Morgan fingerprint density at radius 3 is 3.15 bits per heavy atom. The van der Waals surface area contributed by atoms with Crippen LogP contribution in [0.4, 0.5) is 5.82 Å². The molecule has 0 aliphatic carbocycles. The van der Waals surface area contributed by atoms with Gasteiger partial charge in [-0.1, -0.05) is 0 Å². The van der Waals surface area contributed by atoms with Crippen LogP contribution in [0.5, 0.6) is 0 Å². The molecule has 1 aliphatic heterocycles. The molecule has 3 heterocycles. The van der Waals surface area contributed by atoms with Crippen molar-refractivity contribution in [3.8, 4) is 0 Å². The van der Waals surface area contributed by atoms with Crippen molar-refractivity contribution in [1.82, 2.24) is 15.3 Å². The van der Waals surface area contributed by atoms with Crippen LogP contribution >= 0.6 is 22.9 Å². The second-order valence-electron chi connectivity index (χ2n) is 4.77. The lowest BCUT2D eigenvalue weighted by atomic mass is 10.0. The van der Waals surface area contributed by atoms with E-state index in [1.54, 1.807) is 7.05 Å². The molecule has 20 heavy (non-hydrogen) atoms. The first kappa shape index (κ1) is 13.6. The Bertz CT molecular complexity index is 644. The SMILES string of the molecule is CNC(=O)C1CCCCN1c1nc(Cl)nc2sccc12. The van der Waals surface area contributed by atoms with Gasteiger partial charge in [0.15, 0.2) is 0 Å². The standard InChI is InChI=1S/C13H15ClN4OS/c1-15-11(19)9-4-2-3-6-18(9)10-8-5-7-20-12(8)17-13(14)16-10/h5,7,9H,2-4,6H2,1H3,(H,15,19). The minimum atomic E-state index is -0.178. The fourth-order valence-electron chi connectivity index (χ4n) is 2.66. The van der Waals surface area contributed by atoms with Gasteiger partial charge < -0.3 is 10.2 Å². The van der Waals surface area contributed by atoms with Crippen LogP contribution in [0.25, 0.3) is 10.2 Å². The topological polar surface area (TPSA) is 58.1 Å². The Morgan fingerprint density at radius 1 is 1.50 bits per heavy atom. The molecular weight excluding hydrogens is 296 g/mol. The van der Waals surface area contributed by atoms with Crippen LogP contribution in [0, 0.1) is 0 Å². The van der Waals surface area contributed by atoms with Crippen molar-refractivity contribution in [2.24, 2.45) is 0 Å². The van der Waals surface area contributed by atoms with E-state index in [9.17, 15) is 4.79 Å². The zero-order valence-electron chi connectivity index (χ0n) is 11.1. The average Bonchev–Trinajstić information content (AvgIpc) is 2.93. The van der Waals surface area contributed by atoms with Crippen molar-refractivity contribution >= 4 is 44.9 Å². The molecule has 1 fully saturated rings. The number of nitrogens with zero attached hydrogens (tertiary/aromatic N) is 3. The maximum absolute atomic E-state index is 12.1. The van der Waals surface area contributed by atoms with Gasteiger partial charge in [-0.2, -0.15) is 4.98 Å². The number of aromatic nitrogens is 2. The Morgan fingerprint density at radius 2 is 2.35 bits per heavy atom. The molecule has 1 unspecified atom stereocenters. The van der Waals surface area contributed by atoms with Crippen LogP contribution in [0.15, 0.2) is 11.4 Å². The Labute approximate surface area is 126 Å². The summed E-state index contributed by atoms with van der Waals surface area (Å²) in [6.45, 7) is 0.816. The number of likely N-dealkylation sites (N-methyl/N-ethyl adjacent to an activating group) is 1. The number of hydrogen-bond acceptors (Lipinski definition) is 5. The summed E-state index contributed by atoms with van der Waals surface area (Å²) >= 11 is 7.55. The van der Waals surface area contributed by atoms with E-state index in [1.165, 1.54) is 11.3 Å². The highest BCUT2D eigenvalue weighted by atomic mass is 35.5. The van der Waals surface area contributed by atoms with Crippen LogP contribution in [-0.4, -0.2) is 35.5 Å². The number of piperidine rings is 1. The molecular formula is C13H15ClN4OS. The molecule has 5 nitrogen and oxygen atoms in total. The minimum Gasteiger partial charge on any atom is -0.357 e. The number of carbonyl (C=O) groups is 1. The smallest absolute Gasteiger partial charge is 0.242 e. The Hall–Kier alpha value is -1.40. The molecule has 0 bridgehead atoms. The van der Waals surface area contributed by atoms with E-state index in [-0.39, 0.29) is 17.2 Å². The van der Waals surface area contributed by atoms with Gasteiger partial charge in [-0.25, -0.2) is 4.98 Å². The van der Waals surface area contributed by atoms with Gasteiger partial charge in [-0.3, -0.25) is 4.79 Å². The van der Waals surface area contributed by atoms with Gasteiger partial charge in [-0.15, -0.1) is 11.3 Å². The Kier molecular flexibility index (Phi) is 3.76. The molecule has 106 valence electrons. The summed E-state index contributed by atoms with van der Waals surface area (Å²) in [5.74, 6) is 0.803. The highest BCUT2D eigenvalue weighted by Crippen LogP contribution is 2.32. The van der Waals surface area contributed by atoms with Crippen LogP contribution in [0.1, 0.15) is 19.3 Å². The quantitative estimate of drug-likeness (QED) is 0.866. The predicted octanol–water partition coefficient (Wildman–Crippen LogP) is 2.45. The maximum Gasteiger partial charge on any atom is 0.242 e. The number of rotatable bonds is 2. The summed E-state index contributed by atoms with van der Waals surface area (Å²) in [4.78, 5) is 23.6. The zero-order chi connectivity index (χ0) is 14.1. The fourth-order valence-corrected chi connectivity index (χ4v) is 3.63. The molecule has 0 spiro atoms. The monoisotopic (exact) mass is 310 g/mol. The van der Waals surface area contributed by atoms with E-state index in [1.807, 2.05) is 11.4 Å². The van der Waals surface area contributed by atoms with E-state index in [0.717, 1.165) is 41.8 Å². The molecule has 0 radical (unpaired) electrons. The van der Waals surface area contributed by atoms with E-state index < -0.39 is 0 Å². The molecule has 1 N–H and O–H groups in total. The number of anilines is 1. The molecule has 1 amide bonds. The van der Waals surface area contributed by atoms with Crippen molar-refractivity contribution < 1.29 is 4.79 Å². The van der Waals surface area contributed by atoms with Crippen LogP contribution in [-0.2, 0) is 4.79 Å². The lowest BCUT2D eigenvalue weighted by Crippen LogP contribution is -2.49. The minimum absolute atomic E-state index is 0.0304. The summed E-state index contributed by atoms with van der Waals surface area (Å²) < 4.78 is 0. The predicted molar refractivity (Wildman–Crippen MR) is 81.5 cm³/mol. The summed E-state index contributed by atoms with van der Waals surface area (Å²) in [6.07, 6.45) is 2.95. The number of carbonyl (C=O) groups excluding carboxylic acids is 1.